The molecule has 1 aromatic carbocycles. The van der Waals surface area contributed by atoms with Crippen molar-refractivity contribution in [3.05, 3.63) is 65.5 Å². The molecule has 7 nitrogen and oxygen atoms in total. The standard InChI is InChI=1S/C20H27N5O2.2ClH/c1-14(19(26)24-13-16-7-9-17(11-21)23-12-16)25-20(27)18(22)10-8-15-5-3-2-4-6-15;;/h2-7,9,12,14,18H,8,10-11,13,21-22H2,1H3,(H,24,26)(H,25,27);2*1H. The molecule has 0 aliphatic carbocycles. The first-order valence-corrected chi connectivity index (χ1v) is 9.01. The lowest BCUT2D eigenvalue weighted by Crippen LogP contribution is -2.50. The quantitative estimate of drug-likeness (QED) is 0.468. The fourth-order valence-electron chi connectivity index (χ4n) is 2.51. The van der Waals surface area contributed by atoms with Crippen molar-refractivity contribution in [2.75, 3.05) is 0 Å². The van der Waals surface area contributed by atoms with E-state index in [1.54, 1.807) is 13.1 Å². The lowest BCUT2D eigenvalue weighted by Gasteiger charge is -2.17. The van der Waals surface area contributed by atoms with Crippen molar-refractivity contribution in [3.63, 3.8) is 0 Å². The summed E-state index contributed by atoms with van der Waals surface area (Å²) in [4.78, 5) is 28.5. The minimum atomic E-state index is -0.670. The van der Waals surface area contributed by atoms with Crippen molar-refractivity contribution in [3.8, 4) is 0 Å². The summed E-state index contributed by atoms with van der Waals surface area (Å²) in [5.41, 5.74) is 14.2. The highest BCUT2D eigenvalue weighted by molar-refractivity contribution is 5.89. The Hall–Kier alpha value is -2.19. The van der Waals surface area contributed by atoms with Crippen molar-refractivity contribution >= 4 is 36.6 Å². The van der Waals surface area contributed by atoms with Crippen LogP contribution in [-0.4, -0.2) is 28.9 Å². The number of nitrogens with zero attached hydrogens (tertiary/aromatic N) is 1. The fourth-order valence-corrected chi connectivity index (χ4v) is 2.51. The largest absolute Gasteiger partial charge is 0.350 e. The molecule has 0 saturated carbocycles. The third-order valence-corrected chi connectivity index (χ3v) is 4.24. The molecule has 6 N–H and O–H groups in total. The predicted octanol–water partition coefficient (Wildman–Crippen LogP) is 1.46. The zero-order valence-electron chi connectivity index (χ0n) is 16.3. The first-order valence-electron chi connectivity index (χ1n) is 9.01. The minimum absolute atomic E-state index is 0. The summed E-state index contributed by atoms with van der Waals surface area (Å²) in [5, 5.41) is 5.43. The molecule has 2 aromatic rings. The number of hydrogen-bond acceptors (Lipinski definition) is 5. The number of aromatic nitrogens is 1. The van der Waals surface area contributed by atoms with E-state index in [2.05, 4.69) is 15.6 Å². The minimum Gasteiger partial charge on any atom is -0.350 e. The fraction of sp³-hybridized carbons (Fsp3) is 0.350. The van der Waals surface area contributed by atoms with Crippen molar-refractivity contribution in [2.24, 2.45) is 11.5 Å². The first kappa shape index (κ1) is 26.8. The van der Waals surface area contributed by atoms with Gasteiger partial charge in [0.25, 0.3) is 0 Å². The monoisotopic (exact) mass is 441 g/mol. The van der Waals surface area contributed by atoms with Crippen molar-refractivity contribution < 1.29 is 9.59 Å². The third-order valence-electron chi connectivity index (χ3n) is 4.24. The number of benzene rings is 1. The molecular formula is C20H29Cl2N5O2. The third kappa shape index (κ3) is 9.23. The first-order chi connectivity index (χ1) is 13.0. The molecule has 160 valence electrons. The number of halogens is 2. The van der Waals surface area contributed by atoms with Gasteiger partial charge in [0.15, 0.2) is 0 Å². The molecule has 0 saturated heterocycles. The summed E-state index contributed by atoms with van der Waals surface area (Å²) in [6.45, 7) is 2.34. The highest BCUT2D eigenvalue weighted by Crippen LogP contribution is 2.04. The molecule has 2 atom stereocenters. The Labute approximate surface area is 183 Å². The molecule has 0 spiro atoms. The normalized spacial score (nSPS) is 12.0. The molecule has 0 fully saturated rings. The molecule has 2 unspecified atom stereocenters. The molecule has 1 heterocycles. The van der Waals surface area contributed by atoms with Gasteiger partial charge in [-0.3, -0.25) is 14.6 Å². The second-order valence-electron chi connectivity index (χ2n) is 6.44. The smallest absolute Gasteiger partial charge is 0.242 e. The lowest BCUT2D eigenvalue weighted by molar-refractivity contribution is -0.129. The molecule has 2 amide bonds. The van der Waals surface area contributed by atoms with Crippen LogP contribution in [0.1, 0.15) is 30.2 Å². The number of aryl methyl sites for hydroxylation is 1. The van der Waals surface area contributed by atoms with Gasteiger partial charge in [-0.15, -0.1) is 24.8 Å². The number of hydrogen-bond donors (Lipinski definition) is 4. The maximum absolute atomic E-state index is 12.2. The van der Waals surface area contributed by atoms with Crippen LogP contribution in [0.2, 0.25) is 0 Å². The van der Waals surface area contributed by atoms with Gasteiger partial charge in [0, 0.05) is 19.3 Å². The van der Waals surface area contributed by atoms with Crippen LogP contribution in [0, 0.1) is 0 Å². The van der Waals surface area contributed by atoms with Gasteiger partial charge >= 0.3 is 0 Å². The Morgan fingerprint density at radius 2 is 1.72 bits per heavy atom. The Bertz CT molecular complexity index is 744. The van der Waals surface area contributed by atoms with Gasteiger partial charge in [0.05, 0.1) is 11.7 Å². The van der Waals surface area contributed by atoms with Crippen LogP contribution in [-0.2, 0) is 29.1 Å². The van der Waals surface area contributed by atoms with Crippen LogP contribution in [0.3, 0.4) is 0 Å². The zero-order chi connectivity index (χ0) is 19.6. The summed E-state index contributed by atoms with van der Waals surface area (Å²) >= 11 is 0. The molecule has 1 aromatic heterocycles. The maximum Gasteiger partial charge on any atom is 0.242 e. The van der Waals surface area contributed by atoms with Gasteiger partial charge in [-0.1, -0.05) is 36.4 Å². The van der Waals surface area contributed by atoms with Crippen LogP contribution >= 0.6 is 24.8 Å². The average Bonchev–Trinajstić information content (AvgIpc) is 2.71. The van der Waals surface area contributed by atoms with Crippen LogP contribution in [0.5, 0.6) is 0 Å². The highest BCUT2D eigenvalue weighted by Gasteiger charge is 2.19. The van der Waals surface area contributed by atoms with Crippen LogP contribution < -0.4 is 22.1 Å². The van der Waals surface area contributed by atoms with E-state index in [4.69, 9.17) is 11.5 Å². The van der Waals surface area contributed by atoms with Crippen molar-refractivity contribution in [2.45, 2.75) is 44.9 Å². The van der Waals surface area contributed by atoms with Gasteiger partial charge in [0.1, 0.15) is 6.04 Å². The summed E-state index contributed by atoms with van der Waals surface area (Å²) < 4.78 is 0. The predicted molar refractivity (Wildman–Crippen MR) is 119 cm³/mol. The molecule has 9 heteroatoms. The number of nitrogens with two attached hydrogens (primary N) is 2. The Balaban J connectivity index is 0.00000392. The van der Waals surface area contributed by atoms with Gasteiger partial charge in [-0.05, 0) is 37.0 Å². The number of pyridine rings is 1. The van der Waals surface area contributed by atoms with E-state index in [-0.39, 0.29) is 36.6 Å². The second-order valence-corrected chi connectivity index (χ2v) is 6.44. The molecule has 0 aliphatic heterocycles. The van der Waals surface area contributed by atoms with Gasteiger partial charge in [0.2, 0.25) is 11.8 Å². The molecule has 2 rings (SSSR count). The molecule has 0 aliphatic rings. The summed E-state index contributed by atoms with van der Waals surface area (Å²) in [5.74, 6) is -0.607. The average molecular weight is 442 g/mol. The van der Waals surface area contributed by atoms with E-state index in [1.807, 2.05) is 42.5 Å². The van der Waals surface area contributed by atoms with Crippen molar-refractivity contribution in [1.29, 1.82) is 0 Å². The van der Waals surface area contributed by atoms with E-state index in [0.29, 0.717) is 25.9 Å². The van der Waals surface area contributed by atoms with Crippen LogP contribution in [0.15, 0.2) is 48.7 Å². The van der Waals surface area contributed by atoms with E-state index in [1.165, 1.54) is 0 Å². The second kappa shape index (κ2) is 13.9. The Morgan fingerprint density at radius 1 is 1.03 bits per heavy atom. The Kier molecular flexibility index (Phi) is 12.8. The topological polar surface area (TPSA) is 123 Å². The van der Waals surface area contributed by atoms with Gasteiger partial charge in [-0.2, -0.15) is 0 Å². The summed E-state index contributed by atoms with van der Waals surface area (Å²) in [7, 11) is 0. The number of carbonyl (C=O) groups excluding carboxylic acids is 2. The number of carbonyl (C=O) groups is 2. The number of amides is 2. The maximum atomic E-state index is 12.2. The highest BCUT2D eigenvalue weighted by atomic mass is 35.5. The number of nitrogens with one attached hydrogen (secondary N) is 2. The number of rotatable bonds is 9. The van der Waals surface area contributed by atoms with E-state index in [9.17, 15) is 9.59 Å². The molecule has 0 radical (unpaired) electrons. The van der Waals surface area contributed by atoms with Crippen molar-refractivity contribution in [1.82, 2.24) is 15.6 Å². The summed E-state index contributed by atoms with van der Waals surface area (Å²) in [6, 6.07) is 12.2. The lowest BCUT2D eigenvalue weighted by atomic mass is 10.1. The van der Waals surface area contributed by atoms with Gasteiger partial charge in [-0.25, -0.2) is 0 Å². The SMILES string of the molecule is CC(NC(=O)C(N)CCc1ccccc1)C(=O)NCc1ccc(CN)nc1.Cl.Cl. The van der Waals surface area contributed by atoms with E-state index in [0.717, 1.165) is 16.8 Å². The zero-order valence-corrected chi connectivity index (χ0v) is 18.0. The van der Waals surface area contributed by atoms with E-state index >= 15 is 0 Å². The molecule has 0 bridgehead atoms. The molecule has 29 heavy (non-hydrogen) atoms. The Morgan fingerprint density at radius 3 is 2.31 bits per heavy atom. The summed E-state index contributed by atoms with van der Waals surface area (Å²) in [6.07, 6.45) is 2.90. The van der Waals surface area contributed by atoms with E-state index < -0.39 is 12.1 Å². The van der Waals surface area contributed by atoms with Crippen LogP contribution in [0.25, 0.3) is 0 Å². The van der Waals surface area contributed by atoms with Crippen LogP contribution in [0.4, 0.5) is 0 Å². The molecular weight excluding hydrogens is 413 g/mol. The van der Waals surface area contributed by atoms with Gasteiger partial charge < -0.3 is 22.1 Å².